The monoisotopic (exact) mass is 309 g/mol. The zero-order valence-electron chi connectivity index (χ0n) is 14.3. The molecule has 1 N–H and O–H groups in total. The fourth-order valence-corrected chi connectivity index (χ4v) is 3.93. The van der Waals surface area contributed by atoms with Gasteiger partial charge in [-0.25, -0.2) is 4.98 Å². The lowest BCUT2D eigenvalue weighted by molar-refractivity contribution is 0.247. The first-order valence-electron chi connectivity index (χ1n) is 8.25. The molecule has 0 aromatic carbocycles. The molecule has 3 nitrogen and oxygen atoms in total. The Kier molecular flexibility index (Phi) is 5.81. The molecule has 1 aromatic heterocycles. The van der Waals surface area contributed by atoms with Crippen molar-refractivity contribution in [1.29, 1.82) is 0 Å². The van der Waals surface area contributed by atoms with E-state index in [0.717, 1.165) is 25.6 Å². The fraction of sp³-hybridized carbons (Fsp3) is 0.824. The number of nitrogens with zero attached hydrogens (tertiary/aromatic N) is 2. The predicted molar refractivity (Wildman–Crippen MR) is 92.0 cm³/mol. The lowest BCUT2D eigenvalue weighted by Gasteiger charge is -2.24. The Labute approximate surface area is 134 Å². The Hall–Kier alpha value is -0.450. The fourth-order valence-electron chi connectivity index (χ4n) is 2.87. The first kappa shape index (κ1) is 16.9. The van der Waals surface area contributed by atoms with Gasteiger partial charge < -0.3 is 5.32 Å². The molecule has 120 valence electrons. The molecular weight excluding hydrogens is 278 g/mol. The number of hydrogen-bond acceptors (Lipinski definition) is 4. The molecule has 0 bridgehead atoms. The largest absolute Gasteiger partial charge is 0.313 e. The molecule has 1 aliphatic heterocycles. The van der Waals surface area contributed by atoms with Gasteiger partial charge in [0.15, 0.2) is 0 Å². The molecule has 4 heteroatoms. The molecule has 21 heavy (non-hydrogen) atoms. The summed E-state index contributed by atoms with van der Waals surface area (Å²) in [7, 11) is 0. The minimum Gasteiger partial charge on any atom is -0.313 e. The molecule has 1 unspecified atom stereocenters. The number of aromatic nitrogens is 1. The van der Waals surface area contributed by atoms with Crippen LogP contribution in [0.5, 0.6) is 0 Å². The van der Waals surface area contributed by atoms with Crippen molar-refractivity contribution in [2.45, 2.75) is 65.5 Å². The summed E-state index contributed by atoms with van der Waals surface area (Å²) in [6, 6.07) is 0.634. The van der Waals surface area contributed by atoms with E-state index in [-0.39, 0.29) is 5.41 Å². The van der Waals surface area contributed by atoms with Crippen LogP contribution >= 0.6 is 11.3 Å². The minimum absolute atomic E-state index is 0.162. The molecule has 1 aromatic rings. The summed E-state index contributed by atoms with van der Waals surface area (Å²) in [6.07, 6.45) is 2.51. The maximum Gasteiger partial charge on any atom is 0.107 e. The van der Waals surface area contributed by atoms with E-state index >= 15 is 0 Å². The van der Waals surface area contributed by atoms with Gasteiger partial charge in [-0.05, 0) is 31.8 Å². The van der Waals surface area contributed by atoms with Gasteiger partial charge >= 0.3 is 0 Å². The van der Waals surface area contributed by atoms with E-state index in [0.29, 0.717) is 6.04 Å². The van der Waals surface area contributed by atoms with Crippen LogP contribution in [-0.4, -0.2) is 35.6 Å². The highest BCUT2D eigenvalue weighted by molar-refractivity contribution is 7.09. The summed E-state index contributed by atoms with van der Waals surface area (Å²) in [5.41, 5.74) is 1.39. The van der Waals surface area contributed by atoms with E-state index in [2.05, 4.69) is 50.2 Å². The first-order chi connectivity index (χ1) is 9.84. The van der Waals surface area contributed by atoms with Crippen LogP contribution in [-0.2, 0) is 12.0 Å². The number of thiazole rings is 1. The molecule has 0 radical (unpaired) electrons. The van der Waals surface area contributed by atoms with Gasteiger partial charge in [-0.1, -0.05) is 34.6 Å². The first-order valence-corrected chi connectivity index (χ1v) is 9.13. The molecule has 2 rings (SSSR count). The van der Waals surface area contributed by atoms with Crippen molar-refractivity contribution in [1.82, 2.24) is 15.2 Å². The van der Waals surface area contributed by atoms with E-state index < -0.39 is 0 Å². The van der Waals surface area contributed by atoms with Gasteiger partial charge in [0.2, 0.25) is 0 Å². The highest BCUT2D eigenvalue weighted by atomic mass is 32.1. The van der Waals surface area contributed by atoms with Crippen LogP contribution in [0.15, 0.2) is 5.38 Å². The molecule has 1 fully saturated rings. The van der Waals surface area contributed by atoms with Gasteiger partial charge in [0, 0.05) is 23.4 Å². The maximum atomic E-state index is 4.85. The van der Waals surface area contributed by atoms with E-state index in [1.807, 2.05) is 11.3 Å². The SMILES string of the molecule is CC(C)CC1CN(Cc2nc(C(C)(C)C)cs2)CCCN1. The van der Waals surface area contributed by atoms with E-state index in [1.54, 1.807) is 0 Å². The van der Waals surface area contributed by atoms with Gasteiger partial charge in [0.25, 0.3) is 0 Å². The van der Waals surface area contributed by atoms with Crippen molar-refractivity contribution in [3.05, 3.63) is 16.1 Å². The highest BCUT2D eigenvalue weighted by Gasteiger charge is 2.21. The Bertz CT molecular complexity index is 433. The van der Waals surface area contributed by atoms with Crippen molar-refractivity contribution < 1.29 is 0 Å². The molecule has 1 saturated heterocycles. The van der Waals surface area contributed by atoms with Gasteiger partial charge in [0.1, 0.15) is 5.01 Å². The third-order valence-electron chi connectivity index (χ3n) is 4.00. The second kappa shape index (κ2) is 7.21. The summed E-state index contributed by atoms with van der Waals surface area (Å²) < 4.78 is 0. The van der Waals surface area contributed by atoms with Crippen molar-refractivity contribution in [2.75, 3.05) is 19.6 Å². The molecule has 1 atom stereocenters. The Morgan fingerprint density at radius 3 is 2.81 bits per heavy atom. The Morgan fingerprint density at radius 1 is 1.43 bits per heavy atom. The third kappa shape index (κ3) is 5.35. The Balaban J connectivity index is 1.95. The normalized spacial score (nSPS) is 21.7. The average molecular weight is 310 g/mol. The summed E-state index contributed by atoms with van der Waals surface area (Å²) in [5.74, 6) is 0.759. The number of nitrogens with one attached hydrogen (secondary N) is 1. The van der Waals surface area contributed by atoms with Crippen molar-refractivity contribution >= 4 is 11.3 Å². The molecule has 2 heterocycles. The zero-order valence-corrected chi connectivity index (χ0v) is 15.1. The zero-order chi connectivity index (χ0) is 15.5. The van der Waals surface area contributed by atoms with Gasteiger partial charge in [-0.15, -0.1) is 11.3 Å². The van der Waals surface area contributed by atoms with Gasteiger partial charge in [-0.2, -0.15) is 0 Å². The van der Waals surface area contributed by atoms with E-state index in [4.69, 9.17) is 4.98 Å². The standard InChI is InChI=1S/C17H31N3S/c1-13(2)9-14-10-20(8-6-7-18-14)11-16-19-15(12-21-16)17(3,4)5/h12-14,18H,6-11H2,1-5H3. The summed E-state index contributed by atoms with van der Waals surface area (Å²) in [5, 5.41) is 7.20. The number of rotatable bonds is 4. The maximum absolute atomic E-state index is 4.85. The molecule has 0 saturated carbocycles. The predicted octanol–water partition coefficient (Wildman–Crippen LogP) is 3.65. The van der Waals surface area contributed by atoms with Crippen LogP contribution in [0.3, 0.4) is 0 Å². The number of hydrogen-bond donors (Lipinski definition) is 1. The quantitative estimate of drug-likeness (QED) is 0.920. The van der Waals surface area contributed by atoms with E-state index in [1.165, 1.54) is 30.1 Å². The van der Waals surface area contributed by atoms with Crippen LogP contribution in [0.1, 0.15) is 58.2 Å². The van der Waals surface area contributed by atoms with Gasteiger partial charge in [-0.3, -0.25) is 4.90 Å². The van der Waals surface area contributed by atoms with E-state index in [9.17, 15) is 0 Å². The van der Waals surface area contributed by atoms with Crippen LogP contribution in [0, 0.1) is 5.92 Å². The second-order valence-electron chi connectivity index (χ2n) is 7.75. The lowest BCUT2D eigenvalue weighted by atomic mass is 9.93. The Morgan fingerprint density at radius 2 is 2.19 bits per heavy atom. The second-order valence-corrected chi connectivity index (χ2v) is 8.69. The van der Waals surface area contributed by atoms with Crippen LogP contribution in [0.25, 0.3) is 0 Å². The van der Waals surface area contributed by atoms with Crippen molar-refractivity contribution in [3.8, 4) is 0 Å². The summed E-state index contributed by atoms with van der Waals surface area (Å²) in [6.45, 7) is 15.8. The molecule has 1 aliphatic rings. The minimum atomic E-state index is 0.162. The average Bonchev–Trinajstić information content (AvgIpc) is 2.71. The molecule has 0 aliphatic carbocycles. The van der Waals surface area contributed by atoms with Crippen LogP contribution in [0.2, 0.25) is 0 Å². The van der Waals surface area contributed by atoms with Crippen molar-refractivity contribution in [3.63, 3.8) is 0 Å². The highest BCUT2D eigenvalue weighted by Crippen LogP contribution is 2.24. The molecule has 0 amide bonds. The van der Waals surface area contributed by atoms with Gasteiger partial charge in [0.05, 0.1) is 12.2 Å². The van der Waals surface area contributed by atoms with Crippen LogP contribution < -0.4 is 5.32 Å². The lowest BCUT2D eigenvalue weighted by Crippen LogP contribution is -2.38. The summed E-state index contributed by atoms with van der Waals surface area (Å²) in [4.78, 5) is 7.43. The molecule has 0 spiro atoms. The topological polar surface area (TPSA) is 28.2 Å². The molecular formula is C17H31N3S. The third-order valence-corrected chi connectivity index (χ3v) is 4.83. The van der Waals surface area contributed by atoms with Crippen LogP contribution in [0.4, 0.5) is 0 Å². The smallest absolute Gasteiger partial charge is 0.107 e. The van der Waals surface area contributed by atoms with Crippen molar-refractivity contribution in [2.24, 2.45) is 5.92 Å². The summed E-state index contributed by atoms with van der Waals surface area (Å²) >= 11 is 1.82.